The molecule has 1 aromatic heterocycles. The number of benzene rings is 1. The predicted octanol–water partition coefficient (Wildman–Crippen LogP) is 4.01. The third kappa shape index (κ3) is 3.65. The molecule has 1 amide bonds. The van der Waals surface area contributed by atoms with E-state index >= 15 is 0 Å². The summed E-state index contributed by atoms with van der Waals surface area (Å²) in [6.45, 7) is 2.59. The Balaban J connectivity index is 1.13. The molecule has 3 aliphatic carbocycles. The van der Waals surface area contributed by atoms with Gasteiger partial charge >= 0.3 is 0 Å². The van der Waals surface area contributed by atoms with Crippen LogP contribution in [0.2, 0.25) is 0 Å². The second-order valence-electron chi connectivity index (χ2n) is 8.80. The monoisotopic (exact) mass is 395 g/mol. The highest BCUT2D eigenvalue weighted by Gasteiger charge is 2.53. The van der Waals surface area contributed by atoms with Gasteiger partial charge in [-0.05, 0) is 80.5 Å². The highest BCUT2D eigenvalue weighted by Crippen LogP contribution is 2.58. The Kier molecular flexibility index (Phi) is 5.02. The molecule has 0 unspecified atom stereocenters. The van der Waals surface area contributed by atoms with E-state index in [1.807, 2.05) is 31.2 Å². The number of carbonyl (C=O) groups is 1. The fraction of sp³-hybridized carbons (Fsp3) is 0.609. The number of carbonyl (C=O) groups excluding carboxylic acids is 1. The maximum atomic E-state index is 12.5. The van der Waals surface area contributed by atoms with Crippen molar-refractivity contribution in [3.8, 4) is 17.1 Å². The van der Waals surface area contributed by atoms with Crippen LogP contribution in [0, 0.1) is 23.7 Å². The molecule has 3 aliphatic rings. The van der Waals surface area contributed by atoms with Crippen molar-refractivity contribution >= 4 is 5.91 Å². The molecule has 2 aromatic rings. The van der Waals surface area contributed by atoms with E-state index in [4.69, 9.17) is 9.26 Å². The Morgan fingerprint density at radius 3 is 2.83 bits per heavy atom. The molecule has 5 atom stereocenters. The molecule has 3 fully saturated rings. The van der Waals surface area contributed by atoms with Gasteiger partial charge in [-0.25, -0.2) is 0 Å². The third-order valence-electron chi connectivity index (χ3n) is 7.23. The second-order valence-corrected chi connectivity index (χ2v) is 8.80. The van der Waals surface area contributed by atoms with Crippen LogP contribution in [0.1, 0.15) is 51.3 Å². The largest absolute Gasteiger partial charge is 0.494 e. The number of amides is 1. The maximum absolute atomic E-state index is 12.5. The fourth-order valence-electron chi connectivity index (χ4n) is 6.07. The first kappa shape index (κ1) is 18.6. The van der Waals surface area contributed by atoms with Gasteiger partial charge in [-0.1, -0.05) is 11.6 Å². The average Bonchev–Trinajstić information content (AvgIpc) is 3.49. The van der Waals surface area contributed by atoms with E-state index in [-0.39, 0.29) is 5.91 Å². The molecule has 0 aliphatic heterocycles. The van der Waals surface area contributed by atoms with Gasteiger partial charge in [0, 0.05) is 24.4 Å². The van der Waals surface area contributed by atoms with Gasteiger partial charge in [0.15, 0.2) is 0 Å². The Morgan fingerprint density at radius 1 is 1.17 bits per heavy atom. The average molecular weight is 396 g/mol. The third-order valence-corrected chi connectivity index (χ3v) is 7.23. The standard InChI is InChI=1S/C23H29N3O3/c1-2-28-16-8-6-14(7-9-16)23-25-22(29-26-23)11-10-21(27)24-20-13-15-12-19(20)18-5-3-4-17(15)18/h6-9,15,17-20H,2-5,10-13H2,1H3,(H,24,27)/t15-,17+,18-,19+,20-/m1/s1. The highest BCUT2D eigenvalue weighted by molar-refractivity contribution is 5.76. The molecule has 5 rings (SSSR count). The topological polar surface area (TPSA) is 77.2 Å². The number of aromatic nitrogens is 2. The van der Waals surface area contributed by atoms with Crippen molar-refractivity contribution in [2.24, 2.45) is 23.7 Å². The summed E-state index contributed by atoms with van der Waals surface area (Å²) in [5, 5.41) is 7.36. The number of fused-ring (bicyclic) bond motifs is 5. The van der Waals surface area contributed by atoms with Gasteiger partial charge in [0.2, 0.25) is 17.6 Å². The van der Waals surface area contributed by atoms with E-state index in [0.29, 0.717) is 43.1 Å². The first-order valence-corrected chi connectivity index (χ1v) is 11.1. The van der Waals surface area contributed by atoms with E-state index < -0.39 is 0 Å². The summed E-state index contributed by atoms with van der Waals surface area (Å²) in [6.07, 6.45) is 7.55. The van der Waals surface area contributed by atoms with Crippen LogP contribution in [0.3, 0.4) is 0 Å². The Morgan fingerprint density at radius 2 is 2.00 bits per heavy atom. The molecule has 154 valence electrons. The van der Waals surface area contributed by atoms with Gasteiger partial charge in [0.1, 0.15) is 5.75 Å². The summed E-state index contributed by atoms with van der Waals surface area (Å²) in [7, 11) is 0. The molecule has 2 bridgehead atoms. The van der Waals surface area contributed by atoms with Crippen LogP contribution >= 0.6 is 0 Å². The minimum atomic E-state index is 0.109. The number of aryl methyl sites for hydroxylation is 1. The molecule has 1 heterocycles. The van der Waals surface area contributed by atoms with E-state index in [0.717, 1.165) is 29.1 Å². The zero-order chi connectivity index (χ0) is 19.8. The molecule has 6 heteroatoms. The molecule has 1 N–H and O–H groups in total. The fourth-order valence-corrected chi connectivity index (χ4v) is 6.07. The van der Waals surface area contributed by atoms with Crippen molar-refractivity contribution in [2.75, 3.05) is 6.61 Å². The van der Waals surface area contributed by atoms with Crippen LogP contribution in [0.15, 0.2) is 28.8 Å². The zero-order valence-electron chi connectivity index (χ0n) is 17.0. The van der Waals surface area contributed by atoms with Crippen LogP contribution in [0.5, 0.6) is 5.75 Å². The Bertz CT molecular complexity index is 863. The number of nitrogens with zero attached hydrogens (tertiary/aromatic N) is 2. The molecule has 0 radical (unpaired) electrons. The lowest BCUT2D eigenvalue weighted by Gasteiger charge is -2.32. The smallest absolute Gasteiger partial charge is 0.227 e. The summed E-state index contributed by atoms with van der Waals surface area (Å²) < 4.78 is 10.8. The molecule has 6 nitrogen and oxygen atoms in total. The molecular weight excluding hydrogens is 366 g/mol. The van der Waals surface area contributed by atoms with Crippen LogP contribution in [0.25, 0.3) is 11.4 Å². The van der Waals surface area contributed by atoms with E-state index in [1.165, 1.54) is 32.1 Å². The number of rotatable bonds is 7. The van der Waals surface area contributed by atoms with Gasteiger partial charge in [-0.2, -0.15) is 4.98 Å². The molecular formula is C23H29N3O3. The SMILES string of the molecule is CCOc1ccc(-c2noc(CCC(=O)N[C@@H]3C[C@H]4C[C@H]3[C@@H]3CCC[C@@H]43)n2)cc1. The molecule has 1 aromatic carbocycles. The first-order chi connectivity index (χ1) is 14.2. The second kappa shape index (κ2) is 7.81. The summed E-state index contributed by atoms with van der Waals surface area (Å²) in [4.78, 5) is 16.9. The van der Waals surface area contributed by atoms with Crippen molar-refractivity contribution in [1.82, 2.24) is 15.5 Å². The van der Waals surface area contributed by atoms with Crippen LogP contribution < -0.4 is 10.1 Å². The van der Waals surface area contributed by atoms with Gasteiger partial charge in [-0.3, -0.25) is 4.79 Å². The first-order valence-electron chi connectivity index (χ1n) is 11.1. The van der Waals surface area contributed by atoms with Gasteiger partial charge < -0.3 is 14.6 Å². The van der Waals surface area contributed by atoms with Gasteiger partial charge in [0.25, 0.3) is 0 Å². The van der Waals surface area contributed by atoms with Crippen LogP contribution in [-0.4, -0.2) is 28.7 Å². The van der Waals surface area contributed by atoms with Crippen molar-refractivity contribution in [3.05, 3.63) is 30.2 Å². The van der Waals surface area contributed by atoms with E-state index in [1.54, 1.807) is 0 Å². The van der Waals surface area contributed by atoms with Gasteiger partial charge in [0.05, 0.1) is 6.61 Å². The predicted molar refractivity (Wildman–Crippen MR) is 108 cm³/mol. The lowest BCUT2D eigenvalue weighted by Crippen LogP contribution is -2.42. The Hall–Kier alpha value is -2.37. The molecule has 0 saturated heterocycles. The number of hydrogen-bond donors (Lipinski definition) is 1. The van der Waals surface area contributed by atoms with Crippen molar-refractivity contribution in [2.45, 2.75) is 57.9 Å². The lowest BCUT2D eigenvalue weighted by atomic mass is 9.79. The quantitative estimate of drug-likeness (QED) is 0.766. The maximum Gasteiger partial charge on any atom is 0.227 e. The van der Waals surface area contributed by atoms with E-state index in [9.17, 15) is 4.79 Å². The summed E-state index contributed by atoms with van der Waals surface area (Å²) >= 11 is 0. The highest BCUT2D eigenvalue weighted by atomic mass is 16.5. The zero-order valence-corrected chi connectivity index (χ0v) is 17.0. The lowest BCUT2D eigenvalue weighted by molar-refractivity contribution is -0.122. The number of hydrogen-bond acceptors (Lipinski definition) is 5. The van der Waals surface area contributed by atoms with Gasteiger partial charge in [-0.15, -0.1) is 0 Å². The number of ether oxygens (including phenoxy) is 1. The van der Waals surface area contributed by atoms with E-state index in [2.05, 4.69) is 15.5 Å². The Labute approximate surface area is 171 Å². The molecule has 29 heavy (non-hydrogen) atoms. The van der Waals surface area contributed by atoms with Crippen LogP contribution in [-0.2, 0) is 11.2 Å². The summed E-state index contributed by atoms with van der Waals surface area (Å²) in [6, 6.07) is 8.00. The minimum Gasteiger partial charge on any atom is -0.494 e. The molecule has 3 saturated carbocycles. The number of nitrogens with one attached hydrogen (secondary N) is 1. The molecule has 0 spiro atoms. The normalized spacial score (nSPS) is 29.8. The summed E-state index contributed by atoms with van der Waals surface area (Å²) in [5.74, 6) is 5.37. The van der Waals surface area contributed by atoms with Crippen molar-refractivity contribution in [3.63, 3.8) is 0 Å². The minimum absolute atomic E-state index is 0.109. The van der Waals surface area contributed by atoms with Crippen molar-refractivity contribution < 1.29 is 14.1 Å². The van der Waals surface area contributed by atoms with Crippen LogP contribution in [0.4, 0.5) is 0 Å². The summed E-state index contributed by atoms with van der Waals surface area (Å²) in [5.41, 5.74) is 0.876. The van der Waals surface area contributed by atoms with Crippen molar-refractivity contribution in [1.29, 1.82) is 0 Å².